The molecule has 2 amide bonds. The molecule has 0 saturated carbocycles. The minimum Gasteiger partial charge on any atom is -0.497 e. The van der Waals surface area contributed by atoms with E-state index >= 15 is 0 Å². The molecule has 0 aromatic heterocycles. The number of hydrogen-bond donors (Lipinski definition) is 0. The summed E-state index contributed by atoms with van der Waals surface area (Å²) in [6.07, 6.45) is 0. The van der Waals surface area contributed by atoms with Crippen molar-refractivity contribution >= 4 is 29.1 Å². The molecule has 1 aliphatic heterocycles. The Morgan fingerprint density at radius 1 is 1.11 bits per heavy atom. The van der Waals surface area contributed by atoms with Gasteiger partial charge in [-0.2, -0.15) is 0 Å². The van der Waals surface area contributed by atoms with E-state index in [1.807, 2.05) is 19.1 Å². The number of anilines is 1. The van der Waals surface area contributed by atoms with Crippen molar-refractivity contribution in [2.24, 2.45) is 0 Å². The van der Waals surface area contributed by atoms with Gasteiger partial charge < -0.3 is 19.3 Å². The molecule has 0 radical (unpaired) electrons. The van der Waals surface area contributed by atoms with Gasteiger partial charge in [-0.15, -0.1) is 0 Å². The smallest absolute Gasteiger partial charge is 0.254 e. The van der Waals surface area contributed by atoms with Crippen LogP contribution < -0.4 is 14.4 Å². The number of nitrogens with zero attached hydrogens (tertiary/aromatic N) is 2. The fraction of sp³-hybridized carbons (Fsp3) is 0.333. The van der Waals surface area contributed by atoms with Crippen molar-refractivity contribution in [2.45, 2.75) is 19.9 Å². The van der Waals surface area contributed by atoms with E-state index in [2.05, 4.69) is 0 Å². The second kappa shape index (κ2) is 8.10. The Balaban J connectivity index is 1.86. The summed E-state index contributed by atoms with van der Waals surface area (Å²) >= 11 is 6.21. The number of benzene rings is 2. The first-order valence-corrected chi connectivity index (χ1v) is 9.35. The molecule has 7 heteroatoms. The summed E-state index contributed by atoms with van der Waals surface area (Å²) in [5, 5.41) is 0.611. The van der Waals surface area contributed by atoms with Crippen LogP contribution in [-0.2, 0) is 4.79 Å². The predicted molar refractivity (Wildman–Crippen MR) is 109 cm³/mol. The second-order valence-electron chi connectivity index (χ2n) is 6.65. The van der Waals surface area contributed by atoms with Crippen LogP contribution in [0.25, 0.3) is 0 Å². The molecule has 1 atom stereocenters. The number of piperazine rings is 1. The SMILES string of the molecule is COc1cc(OC)cc(C(=O)N2CCN(c3cccc(Cl)c3C)C(=O)[C@H]2C)c1. The molecule has 3 rings (SSSR count). The van der Waals surface area contributed by atoms with Crippen molar-refractivity contribution in [1.82, 2.24) is 4.90 Å². The Hall–Kier alpha value is -2.73. The lowest BCUT2D eigenvalue weighted by Gasteiger charge is -2.39. The predicted octanol–water partition coefficient (Wildman–Crippen LogP) is 3.54. The van der Waals surface area contributed by atoms with Crippen LogP contribution in [0.15, 0.2) is 36.4 Å². The average Bonchev–Trinajstić information content (AvgIpc) is 2.71. The molecule has 0 N–H and O–H groups in total. The van der Waals surface area contributed by atoms with Gasteiger partial charge >= 0.3 is 0 Å². The summed E-state index contributed by atoms with van der Waals surface area (Å²) in [7, 11) is 3.06. The Bertz CT molecular complexity index is 893. The number of halogens is 1. The first-order chi connectivity index (χ1) is 13.4. The number of hydrogen-bond acceptors (Lipinski definition) is 4. The summed E-state index contributed by atoms with van der Waals surface area (Å²) in [6.45, 7) is 4.44. The minimum absolute atomic E-state index is 0.139. The van der Waals surface area contributed by atoms with Crippen molar-refractivity contribution in [3.05, 3.63) is 52.5 Å². The lowest BCUT2D eigenvalue weighted by atomic mass is 10.1. The maximum Gasteiger partial charge on any atom is 0.254 e. The van der Waals surface area contributed by atoms with Gasteiger partial charge in [-0.1, -0.05) is 17.7 Å². The van der Waals surface area contributed by atoms with E-state index in [1.165, 1.54) is 14.2 Å². The van der Waals surface area contributed by atoms with Gasteiger partial charge in [0, 0.05) is 35.4 Å². The number of ether oxygens (including phenoxy) is 2. The minimum atomic E-state index is -0.600. The van der Waals surface area contributed by atoms with Crippen molar-refractivity contribution in [1.29, 1.82) is 0 Å². The second-order valence-corrected chi connectivity index (χ2v) is 7.06. The largest absolute Gasteiger partial charge is 0.497 e. The zero-order valence-electron chi connectivity index (χ0n) is 16.4. The van der Waals surface area contributed by atoms with E-state index in [1.54, 1.807) is 41.0 Å². The van der Waals surface area contributed by atoms with Crippen LogP contribution in [-0.4, -0.2) is 50.1 Å². The van der Waals surface area contributed by atoms with Crippen LogP contribution in [0.1, 0.15) is 22.8 Å². The molecule has 1 fully saturated rings. The lowest BCUT2D eigenvalue weighted by molar-refractivity contribution is -0.124. The molecule has 6 nitrogen and oxygen atoms in total. The quantitative estimate of drug-likeness (QED) is 0.784. The normalized spacial score (nSPS) is 16.9. The third-order valence-corrected chi connectivity index (χ3v) is 5.45. The van der Waals surface area contributed by atoms with Gasteiger partial charge in [0.25, 0.3) is 5.91 Å². The van der Waals surface area contributed by atoms with Crippen LogP contribution in [0.3, 0.4) is 0 Å². The molecule has 2 aromatic carbocycles. The summed E-state index contributed by atoms with van der Waals surface area (Å²) in [5.41, 5.74) is 2.05. The molecule has 148 valence electrons. The highest BCUT2D eigenvalue weighted by molar-refractivity contribution is 6.31. The maximum atomic E-state index is 13.1. The highest BCUT2D eigenvalue weighted by atomic mass is 35.5. The van der Waals surface area contributed by atoms with Gasteiger partial charge in [0.2, 0.25) is 5.91 Å². The molecule has 0 unspecified atom stereocenters. The van der Waals surface area contributed by atoms with Crippen LogP contribution in [0.2, 0.25) is 5.02 Å². The highest BCUT2D eigenvalue weighted by Crippen LogP contribution is 2.30. The summed E-state index contributed by atoms with van der Waals surface area (Å²) in [5.74, 6) is 0.671. The summed E-state index contributed by atoms with van der Waals surface area (Å²) in [6, 6.07) is 9.89. The van der Waals surface area contributed by atoms with E-state index in [9.17, 15) is 9.59 Å². The number of methoxy groups -OCH3 is 2. The van der Waals surface area contributed by atoms with Crippen molar-refractivity contribution in [2.75, 3.05) is 32.2 Å². The standard InChI is InChI=1S/C21H23ClN2O4/c1-13-18(22)6-5-7-19(13)24-9-8-23(14(2)20(24)25)21(26)15-10-16(27-3)12-17(11-15)28-4/h5-7,10-12,14H,8-9H2,1-4H3/t14-/m1/s1. The third-order valence-electron chi connectivity index (χ3n) is 5.04. The van der Waals surface area contributed by atoms with Crippen LogP contribution in [0.5, 0.6) is 11.5 Å². The fourth-order valence-corrected chi connectivity index (χ4v) is 3.54. The number of carbonyl (C=O) groups excluding carboxylic acids is 2. The van der Waals surface area contributed by atoms with Crippen molar-refractivity contribution < 1.29 is 19.1 Å². The molecule has 0 aliphatic carbocycles. The zero-order valence-corrected chi connectivity index (χ0v) is 17.1. The van der Waals surface area contributed by atoms with Gasteiger partial charge in [0.05, 0.1) is 14.2 Å². The average molecular weight is 403 g/mol. The Morgan fingerprint density at radius 3 is 2.36 bits per heavy atom. The highest BCUT2D eigenvalue weighted by Gasteiger charge is 2.36. The number of rotatable bonds is 4. The first kappa shape index (κ1) is 20.0. The van der Waals surface area contributed by atoms with Crippen molar-refractivity contribution in [3.63, 3.8) is 0 Å². The van der Waals surface area contributed by atoms with Crippen LogP contribution in [0.4, 0.5) is 5.69 Å². The number of amides is 2. The van der Waals surface area contributed by atoms with Gasteiger partial charge in [-0.3, -0.25) is 9.59 Å². The van der Waals surface area contributed by atoms with Gasteiger partial charge in [0.15, 0.2) is 0 Å². The van der Waals surface area contributed by atoms with Gasteiger partial charge in [0.1, 0.15) is 17.5 Å². The molecule has 1 heterocycles. The fourth-order valence-electron chi connectivity index (χ4n) is 3.37. The summed E-state index contributed by atoms with van der Waals surface area (Å²) < 4.78 is 10.5. The van der Waals surface area contributed by atoms with E-state index in [0.717, 1.165) is 11.3 Å². The Labute approximate surface area is 169 Å². The van der Waals surface area contributed by atoms with E-state index < -0.39 is 6.04 Å². The first-order valence-electron chi connectivity index (χ1n) is 8.98. The monoisotopic (exact) mass is 402 g/mol. The van der Waals surface area contributed by atoms with Gasteiger partial charge in [-0.05, 0) is 43.7 Å². The topological polar surface area (TPSA) is 59.1 Å². The molecule has 0 spiro atoms. The molecule has 0 bridgehead atoms. The molecular formula is C21H23ClN2O4. The van der Waals surface area contributed by atoms with Crippen molar-refractivity contribution in [3.8, 4) is 11.5 Å². The van der Waals surface area contributed by atoms with Crippen LogP contribution in [0, 0.1) is 6.92 Å². The van der Waals surface area contributed by atoms with E-state index in [0.29, 0.717) is 35.2 Å². The Morgan fingerprint density at radius 2 is 1.75 bits per heavy atom. The van der Waals surface area contributed by atoms with Gasteiger partial charge in [-0.25, -0.2) is 0 Å². The van der Waals surface area contributed by atoms with E-state index in [-0.39, 0.29) is 11.8 Å². The third kappa shape index (κ3) is 3.64. The molecule has 28 heavy (non-hydrogen) atoms. The Kier molecular flexibility index (Phi) is 5.79. The molecular weight excluding hydrogens is 380 g/mol. The molecule has 1 aliphatic rings. The number of carbonyl (C=O) groups is 2. The van der Waals surface area contributed by atoms with Crippen LogP contribution >= 0.6 is 11.6 Å². The molecule has 2 aromatic rings. The van der Waals surface area contributed by atoms with E-state index in [4.69, 9.17) is 21.1 Å². The summed E-state index contributed by atoms with van der Waals surface area (Å²) in [4.78, 5) is 29.4. The molecule has 1 saturated heterocycles. The maximum absolute atomic E-state index is 13.1. The lowest BCUT2D eigenvalue weighted by Crippen LogP contribution is -2.58. The zero-order chi connectivity index (χ0) is 20.4.